The number of nitrogens with zero attached hydrogens (tertiary/aromatic N) is 2. The lowest BCUT2D eigenvalue weighted by molar-refractivity contribution is -0.117. The van der Waals surface area contributed by atoms with E-state index >= 15 is 0 Å². The van der Waals surface area contributed by atoms with Gasteiger partial charge in [0.1, 0.15) is 0 Å². The maximum absolute atomic E-state index is 13.3. The molecule has 1 aliphatic carbocycles. The molecule has 1 N–H and O–H groups in total. The summed E-state index contributed by atoms with van der Waals surface area (Å²) in [6.07, 6.45) is 4.17. The molecule has 7 heteroatoms. The Morgan fingerprint density at radius 3 is 2.35 bits per heavy atom. The van der Waals surface area contributed by atoms with Crippen LogP contribution in [0.1, 0.15) is 61.5 Å². The first-order chi connectivity index (χ1) is 17.6. The Kier molecular flexibility index (Phi) is 6.69. The van der Waals surface area contributed by atoms with Gasteiger partial charge in [-0.3, -0.25) is 14.5 Å². The maximum atomic E-state index is 13.3. The molecule has 2 amide bonds. The number of rotatable bonds is 6. The molecule has 2 aromatic rings. The van der Waals surface area contributed by atoms with Crippen LogP contribution in [0.25, 0.3) is 0 Å². The fourth-order valence-corrected chi connectivity index (χ4v) is 7.04. The first-order valence-corrected chi connectivity index (χ1v) is 13.3. The molecule has 0 aromatic heterocycles. The molecule has 2 fully saturated rings. The summed E-state index contributed by atoms with van der Waals surface area (Å²) in [7, 11) is 3.28. The highest BCUT2D eigenvalue weighted by molar-refractivity contribution is 5.96. The standard InChI is InChI=1S/C30H39N3O4/c1-29(2)14-24-15-30(3,18-29)19-33(24)28(35)20-6-8-23(9-7-20)31-27(34)17-32-11-10-21-12-25(36-4)26(37-5)13-22(21)16-32/h6-9,12-13,24H,10-11,14-19H2,1-5H3,(H,31,34). The predicted octanol–water partition coefficient (Wildman–Crippen LogP) is 4.74. The minimum atomic E-state index is -0.0634. The molecule has 198 valence electrons. The molecule has 0 spiro atoms. The second-order valence-electron chi connectivity index (χ2n) is 12.2. The summed E-state index contributed by atoms with van der Waals surface area (Å²) in [5, 5.41) is 2.99. The molecule has 2 unspecified atom stereocenters. The summed E-state index contributed by atoms with van der Waals surface area (Å²) < 4.78 is 10.9. The highest BCUT2D eigenvalue weighted by Gasteiger charge is 2.51. The Morgan fingerprint density at radius 2 is 1.68 bits per heavy atom. The number of nitrogens with one attached hydrogen (secondary N) is 1. The first-order valence-electron chi connectivity index (χ1n) is 13.3. The number of ether oxygens (including phenoxy) is 2. The lowest BCUT2D eigenvalue weighted by Crippen LogP contribution is -2.37. The van der Waals surface area contributed by atoms with Crippen molar-refractivity contribution in [3.05, 3.63) is 53.1 Å². The molecular formula is C30H39N3O4. The number of likely N-dealkylation sites (tertiary alicyclic amines) is 1. The van der Waals surface area contributed by atoms with Crippen molar-refractivity contribution in [2.45, 2.75) is 59.0 Å². The summed E-state index contributed by atoms with van der Waals surface area (Å²) in [4.78, 5) is 30.4. The zero-order valence-corrected chi connectivity index (χ0v) is 22.7. The quantitative estimate of drug-likeness (QED) is 0.614. The number of fused-ring (bicyclic) bond motifs is 3. The highest BCUT2D eigenvalue weighted by atomic mass is 16.5. The van der Waals surface area contributed by atoms with Gasteiger partial charge in [0.2, 0.25) is 5.91 Å². The summed E-state index contributed by atoms with van der Waals surface area (Å²) in [6.45, 7) is 9.58. The van der Waals surface area contributed by atoms with Gasteiger partial charge in [0.25, 0.3) is 5.91 Å². The lowest BCUT2D eigenvalue weighted by atomic mass is 9.65. The highest BCUT2D eigenvalue weighted by Crippen LogP contribution is 2.52. The average molecular weight is 506 g/mol. The van der Waals surface area contributed by atoms with Crippen LogP contribution in [0.3, 0.4) is 0 Å². The molecule has 3 aliphatic rings. The van der Waals surface area contributed by atoms with E-state index in [-0.39, 0.29) is 22.6 Å². The summed E-state index contributed by atoms with van der Waals surface area (Å²) >= 11 is 0. The summed E-state index contributed by atoms with van der Waals surface area (Å²) in [6, 6.07) is 11.7. The minimum Gasteiger partial charge on any atom is -0.493 e. The molecule has 5 rings (SSSR count). The van der Waals surface area contributed by atoms with Gasteiger partial charge < -0.3 is 19.7 Å². The molecule has 2 atom stereocenters. The largest absolute Gasteiger partial charge is 0.493 e. The Hall–Kier alpha value is -3.06. The van der Waals surface area contributed by atoms with Crippen molar-refractivity contribution in [2.75, 3.05) is 39.2 Å². The van der Waals surface area contributed by atoms with Gasteiger partial charge in [-0.1, -0.05) is 20.8 Å². The zero-order chi connectivity index (χ0) is 26.4. The second-order valence-corrected chi connectivity index (χ2v) is 12.2. The van der Waals surface area contributed by atoms with Crippen LogP contribution in [-0.2, 0) is 17.8 Å². The van der Waals surface area contributed by atoms with Crippen LogP contribution < -0.4 is 14.8 Å². The molecule has 2 aliphatic heterocycles. The van der Waals surface area contributed by atoms with Crippen LogP contribution in [-0.4, -0.2) is 61.5 Å². The molecule has 1 saturated heterocycles. The fourth-order valence-electron chi connectivity index (χ4n) is 7.04. The van der Waals surface area contributed by atoms with Crippen LogP contribution in [0.4, 0.5) is 5.69 Å². The van der Waals surface area contributed by atoms with Crippen LogP contribution in [0.2, 0.25) is 0 Å². The van der Waals surface area contributed by atoms with Crippen molar-refractivity contribution < 1.29 is 19.1 Å². The van der Waals surface area contributed by atoms with Gasteiger partial charge in [-0.15, -0.1) is 0 Å². The van der Waals surface area contributed by atoms with Gasteiger partial charge in [0, 0.05) is 36.9 Å². The number of carbonyl (C=O) groups excluding carboxylic acids is 2. The Morgan fingerprint density at radius 1 is 1.00 bits per heavy atom. The summed E-state index contributed by atoms with van der Waals surface area (Å²) in [5.74, 6) is 1.48. The van der Waals surface area contributed by atoms with Crippen molar-refractivity contribution in [1.29, 1.82) is 0 Å². The number of benzene rings is 2. The molecule has 7 nitrogen and oxygen atoms in total. The molecule has 1 saturated carbocycles. The molecule has 2 bridgehead atoms. The third-order valence-corrected chi connectivity index (χ3v) is 8.26. The molecule has 2 aromatic carbocycles. The van der Waals surface area contributed by atoms with Gasteiger partial charge >= 0.3 is 0 Å². The van der Waals surface area contributed by atoms with E-state index < -0.39 is 0 Å². The van der Waals surface area contributed by atoms with E-state index in [9.17, 15) is 9.59 Å². The van der Waals surface area contributed by atoms with Crippen molar-refractivity contribution >= 4 is 17.5 Å². The van der Waals surface area contributed by atoms with Crippen molar-refractivity contribution in [2.24, 2.45) is 10.8 Å². The van der Waals surface area contributed by atoms with Gasteiger partial charge in [-0.05, 0) is 84.0 Å². The van der Waals surface area contributed by atoms with Crippen molar-refractivity contribution in [3.8, 4) is 11.5 Å². The molecule has 2 heterocycles. The van der Waals surface area contributed by atoms with E-state index in [2.05, 4.69) is 35.9 Å². The average Bonchev–Trinajstić information content (AvgIpc) is 3.11. The lowest BCUT2D eigenvalue weighted by Gasteiger charge is -2.39. The van der Waals surface area contributed by atoms with Gasteiger partial charge in [-0.25, -0.2) is 0 Å². The molecular weight excluding hydrogens is 466 g/mol. The summed E-state index contributed by atoms with van der Waals surface area (Å²) in [5.41, 5.74) is 4.26. The normalized spacial score (nSPS) is 24.4. The van der Waals surface area contributed by atoms with E-state index in [4.69, 9.17) is 9.47 Å². The zero-order valence-electron chi connectivity index (χ0n) is 22.7. The van der Waals surface area contributed by atoms with Crippen LogP contribution in [0.15, 0.2) is 36.4 Å². The maximum Gasteiger partial charge on any atom is 0.254 e. The third-order valence-electron chi connectivity index (χ3n) is 8.26. The smallest absolute Gasteiger partial charge is 0.254 e. The number of amides is 2. The van der Waals surface area contributed by atoms with E-state index in [0.29, 0.717) is 36.1 Å². The molecule has 37 heavy (non-hydrogen) atoms. The van der Waals surface area contributed by atoms with Gasteiger partial charge in [0.15, 0.2) is 11.5 Å². The second kappa shape index (κ2) is 9.67. The monoisotopic (exact) mass is 505 g/mol. The van der Waals surface area contributed by atoms with E-state index in [0.717, 1.165) is 50.1 Å². The number of hydrogen-bond acceptors (Lipinski definition) is 5. The van der Waals surface area contributed by atoms with Crippen molar-refractivity contribution in [3.63, 3.8) is 0 Å². The topological polar surface area (TPSA) is 71.1 Å². The van der Waals surface area contributed by atoms with E-state index in [1.807, 2.05) is 36.4 Å². The number of methoxy groups -OCH3 is 2. The Bertz CT molecular complexity index is 1190. The van der Waals surface area contributed by atoms with Gasteiger partial charge in [-0.2, -0.15) is 0 Å². The number of hydrogen-bond donors (Lipinski definition) is 1. The van der Waals surface area contributed by atoms with Crippen LogP contribution in [0.5, 0.6) is 11.5 Å². The first kappa shape index (κ1) is 25.6. The minimum absolute atomic E-state index is 0.0634. The Balaban J connectivity index is 1.18. The number of carbonyl (C=O) groups is 2. The van der Waals surface area contributed by atoms with Crippen LogP contribution in [0, 0.1) is 10.8 Å². The molecule has 0 radical (unpaired) electrons. The van der Waals surface area contributed by atoms with E-state index in [1.165, 1.54) is 5.56 Å². The predicted molar refractivity (Wildman–Crippen MR) is 144 cm³/mol. The fraction of sp³-hybridized carbons (Fsp3) is 0.533. The number of anilines is 1. The van der Waals surface area contributed by atoms with Crippen molar-refractivity contribution in [1.82, 2.24) is 9.80 Å². The Labute approximate surface area is 220 Å². The third kappa shape index (κ3) is 5.33. The van der Waals surface area contributed by atoms with Crippen LogP contribution >= 0.6 is 0 Å². The van der Waals surface area contributed by atoms with E-state index in [1.54, 1.807) is 14.2 Å². The van der Waals surface area contributed by atoms with Gasteiger partial charge in [0.05, 0.1) is 20.8 Å². The SMILES string of the molecule is COc1cc2c(cc1OC)CN(CC(=O)Nc1ccc(C(=O)N3CC4(C)CC3CC(C)(C)C4)cc1)CC2.